The fraction of sp³-hybridized carbons (Fsp3) is 0.364. The Bertz CT molecular complexity index is 795. The molecule has 1 amide bonds. The van der Waals surface area contributed by atoms with Crippen LogP contribution in [-0.2, 0) is 27.2 Å². The highest BCUT2D eigenvalue weighted by Crippen LogP contribution is 2.15. The van der Waals surface area contributed by atoms with Gasteiger partial charge < -0.3 is 14.4 Å². The predicted molar refractivity (Wildman–Crippen MR) is 109 cm³/mol. The minimum atomic E-state index is -0.681. The second-order valence-electron chi connectivity index (χ2n) is 6.35. The van der Waals surface area contributed by atoms with Crippen molar-refractivity contribution in [3.05, 3.63) is 71.0 Å². The van der Waals surface area contributed by atoms with E-state index in [0.717, 1.165) is 11.1 Å². The molecular weight excluding hydrogens is 397 g/mol. The molecule has 0 bridgehead atoms. The molecule has 0 N–H and O–H groups in total. The van der Waals surface area contributed by atoms with Gasteiger partial charge in [0.1, 0.15) is 5.82 Å². The molecule has 0 aromatic heterocycles. The van der Waals surface area contributed by atoms with Crippen molar-refractivity contribution in [3.8, 4) is 0 Å². The number of hydrogen-bond donors (Lipinski definition) is 0. The number of halogens is 2. The van der Waals surface area contributed by atoms with Crippen molar-refractivity contribution in [1.82, 2.24) is 4.90 Å². The lowest BCUT2D eigenvalue weighted by Crippen LogP contribution is -2.30. The molecule has 5 nitrogen and oxygen atoms in total. The Hall–Kier alpha value is -2.44. The highest BCUT2D eigenvalue weighted by molar-refractivity contribution is 6.19. The van der Waals surface area contributed by atoms with Crippen LogP contribution in [0.2, 0.25) is 0 Å². The summed E-state index contributed by atoms with van der Waals surface area (Å²) in [6, 6.07) is 12.9. The van der Waals surface area contributed by atoms with E-state index in [1.807, 2.05) is 6.92 Å². The van der Waals surface area contributed by atoms with Crippen molar-refractivity contribution in [2.75, 3.05) is 19.2 Å². The lowest BCUT2D eigenvalue weighted by Gasteiger charge is -2.20. The fourth-order valence-electron chi connectivity index (χ4n) is 2.81. The zero-order valence-corrected chi connectivity index (χ0v) is 17.3. The van der Waals surface area contributed by atoms with Crippen LogP contribution < -0.4 is 0 Å². The zero-order valence-electron chi connectivity index (χ0n) is 16.6. The molecule has 1 unspecified atom stereocenters. The van der Waals surface area contributed by atoms with Crippen LogP contribution in [0.3, 0.4) is 0 Å². The Kier molecular flexibility index (Phi) is 9.09. The topological polar surface area (TPSA) is 55.8 Å². The summed E-state index contributed by atoms with van der Waals surface area (Å²) in [4.78, 5) is 26.2. The van der Waals surface area contributed by atoms with Gasteiger partial charge in [0.25, 0.3) is 5.91 Å². The van der Waals surface area contributed by atoms with Crippen LogP contribution in [-0.4, -0.2) is 42.1 Å². The van der Waals surface area contributed by atoms with Gasteiger partial charge in [-0.05, 0) is 49.2 Å². The number of amides is 1. The van der Waals surface area contributed by atoms with E-state index in [4.69, 9.17) is 21.1 Å². The predicted octanol–water partition coefficient (Wildman–Crippen LogP) is 4.18. The second-order valence-corrected chi connectivity index (χ2v) is 6.59. The van der Waals surface area contributed by atoms with Crippen LogP contribution in [0.1, 0.15) is 35.3 Å². The highest BCUT2D eigenvalue weighted by atomic mass is 35.5. The number of alkyl halides is 1. The van der Waals surface area contributed by atoms with E-state index in [1.165, 1.54) is 17.0 Å². The van der Waals surface area contributed by atoms with Crippen LogP contribution in [0.4, 0.5) is 4.39 Å². The van der Waals surface area contributed by atoms with Crippen LogP contribution in [0, 0.1) is 5.82 Å². The quantitative estimate of drug-likeness (QED) is 0.328. The van der Waals surface area contributed by atoms with Crippen molar-refractivity contribution in [2.45, 2.75) is 32.9 Å². The smallest absolute Gasteiger partial charge is 0.335 e. The van der Waals surface area contributed by atoms with Gasteiger partial charge in [0, 0.05) is 25.1 Å². The Morgan fingerprint density at radius 3 is 2.17 bits per heavy atom. The molecule has 0 saturated heterocycles. The molecule has 0 fully saturated rings. The number of hydrogen-bond acceptors (Lipinski definition) is 4. The minimum Gasteiger partial charge on any atom is -0.464 e. The van der Waals surface area contributed by atoms with Crippen LogP contribution in [0.15, 0.2) is 48.5 Å². The van der Waals surface area contributed by atoms with Crippen molar-refractivity contribution < 1.29 is 23.5 Å². The first kappa shape index (κ1) is 22.8. The normalized spacial score (nSPS) is 11.7. The lowest BCUT2D eigenvalue weighted by atomic mass is 10.0. The number of ether oxygens (including phenoxy) is 2. The maximum Gasteiger partial charge on any atom is 0.335 e. The molecule has 0 radical (unpaired) electrons. The molecule has 0 aliphatic heterocycles. The molecule has 0 aliphatic rings. The van der Waals surface area contributed by atoms with Gasteiger partial charge in [-0.25, -0.2) is 9.18 Å². The third-order valence-electron chi connectivity index (χ3n) is 4.26. The van der Waals surface area contributed by atoms with Gasteiger partial charge in [-0.3, -0.25) is 4.79 Å². The minimum absolute atomic E-state index is 0.00718. The number of rotatable bonds is 10. The van der Waals surface area contributed by atoms with E-state index in [0.29, 0.717) is 18.6 Å². The molecular formula is C22H25ClFNO4. The number of carbonyl (C=O) groups is 2. The number of nitrogens with zero attached hydrogens (tertiary/aromatic N) is 1. The van der Waals surface area contributed by atoms with Gasteiger partial charge in [0.05, 0.1) is 12.6 Å². The Morgan fingerprint density at radius 2 is 1.62 bits per heavy atom. The van der Waals surface area contributed by atoms with E-state index in [9.17, 15) is 14.0 Å². The SMILES string of the molecule is CCOC(=O)C(Cc1ccc(C(=O)N(CCl)Cc2ccc(F)cc2)cc1)OCC. The Labute approximate surface area is 175 Å². The number of benzene rings is 2. The summed E-state index contributed by atoms with van der Waals surface area (Å²) in [5, 5.41) is 0. The largest absolute Gasteiger partial charge is 0.464 e. The van der Waals surface area contributed by atoms with Crippen LogP contribution >= 0.6 is 11.6 Å². The summed E-state index contributed by atoms with van der Waals surface area (Å²) in [5.41, 5.74) is 2.11. The lowest BCUT2D eigenvalue weighted by molar-refractivity contribution is -0.156. The fourth-order valence-corrected chi connectivity index (χ4v) is 3.00. The summed E-state index contributed by atoms with van der Waals surface area (Å²) in [7, 11) is 0. The van der Waals surface area contributed by atoms with Gasteiger partial charge >= 0.3 is 5.97 Å². The molecule has 0 spiro atoms. The molecule has 1 atom stereocenters. The first-order valence-electron chi connectivity index (χ1n) is 9.45. The second kappa shape index (κ2) is 11.5. The van der Waals surface area contributed by atoms with Gasteiger partial charge in [-0.15, -0.1) is 11.6 Å². The first-order valence-corrected chi connectivity index (χ1v) is 9.98. The molecule has 0 heterocycles. The summed E-state index contributed by atoms with van der Waals surface area (Å²) in [6.07, 6.45) is -0.324. The summed E-state index contributed by atoms with van der Waals surface area (Å²) in [6.45, 7) is 4.53. The summed E-state index contributed by atoms with van der Waals surface area (Å²) in [5.74, 6) is -0.967. The summed E-state index contributed by atoms with van der Waals surface area (Å²) < 4.78 is 23.6. The standard InChI is InChI=1S/C22H25ClFNO4/c1-3-28-20(22(27)29-4-2)13-16-5-9-18(10-6-16)21(26)25(15-23)14-17-7-11-19(24)12-8-17/h5-12,20H,3-4,13-15H2,1-2H3. The molecule has 0 aliphatic carbocycles. The maximum absolute atomic E-state index is 13.1. The molecule has 7 heteroatoms. The Balaban J connectivity index is 2.05. The van der Waals surface area contributed by atoms with Crippen LogP contribution in [0.5, 0.6) is 0 Å². The van der Waals surface area contributed by atoms with Crippen LogP contribution in [0.25, 0.3) is 0 Å². The van der Waals surface area contributed by atoms with E-state index in [-0.39, 0.29) is 30.9 Å². The van der Waals surface area contributed by atoms with E-state index >= 15 is 0 Å². The highest BCUT2D eigenvalue weighted by Gasteiger charge is 2.21. The molecule has 156 valence electrons. The average molecular weight is 422 g/mol. The third-order valence-corrected chi connectivity index (χ3v) is 4.55. The maximum atomic E-state index is 13.1. The van der Waals surface area contributed by atoms with E-state index in [1.54, 1.807) is 43.3 Å². The van der Waals surface area contributed by atoms with Crippen molar-refractivity contribution in [2.24, 2.45) is 0 Å². The van der Waals surface area contributed by atoms with E-state index in [2.05, 4.69) is 0 Å². The van der Waals surface area contributed by atoms with Gasteiger partial charge in [-0.1, -0.05) is 24.3 Å². The van der Waals surface area contributed by atoms with Gasteiger partial charge in [-0.2, -0.15) is 0 Å². The molecule has 2 rings (SSSR count). The Morgan fingerprint density at radius 1 is 1.00 bits per heavy atom. The summed E-state index contributed by atoms with van der Waals surface area (Å²) >= 11 is 5.96. The molecule has 0 saturated carbocycles. The monoisotopic (exact) mass is 421 g/mol. The molecule has 29 heavy (non-hydrogen) atoms. The van der Waals surface area contributed by atoms with Gasteiger partial charge in [0.15, 0.2) is 6.10 Å². The first-order chi connectivity index (χ1) is 14.0. The average Bonchev–Trinajstić information content (AvgIpc) is 2.73. The molecule has 2 aromatic rings. The van der Waals surface area contributed by atoms with E-state index < -0.39 is 12.1 Å². The molecule has 2 aromatic carbocycles. The third kappa shape index (κ3) is 6.84. The van der Waals surface area contributed by atoms with Crippen molar-refractivity contribution >= 4 is 23.5 Å². The van der Waals surface area contributed by atoms with Crippen molar-refractivity contribution in [3.63, 3.8) is 0 Å². The van der Waals surface area contributed by atoms with Crippen molar-refractivity contribution in [1.29, 1.82) is 0 Å². The zero-order chi connectivity index (χ0) is 21.2. The number of esters is 1. The van der Waals surface area contributed by atoms with Gasteiger partial charge in [0.2, 0.25) is 0 Å². The number of carbonyl (C=O) groups excluding carboxylic acids is 2.